The van der Waals surface area contributed by atoms with Crippen molar-refractivity contribution in [2.75, 3.05) is 0 Å². The fourth-order valence-electron chi connectivity index (χ4n) is 2.83. The molecule has 3 aromatic rings. The smallest absolute Gasteiger partial charge is 0.114 e. The quantitative estimate of drug-likeness (QED) is 0.627. The summed E-state index contributed by atoms with van der Waals surface area (Å²) in [5.41, 5.74) is 2.68. The molecule has 3 atom stereocenters. The fourth-order valence-corrected chi connectivity index (χ4v) is 2.83. The van der Waals surface area contributed by atoms with E-state index in [1.165, 1.54) is 0 Å². The molecule has 3 aromatic carbocycles. The van der Waals surface area contributed by atoms with E-state index in [1.807, 2.05) is 84.9 Å². The monoisotopic (exact) mass is 360 g/mol. The van der Waals surface area contributed by atoms with Gasteiger partial charge >= 0.3 is 0 Å². The minimum Gasteiger partial charge on any atom is -0.387 e. The first kappa shape index (κ1) is 19.1. The zero-order valence-electron chi connectivity index (χ0n) is 15.1. The van der Waals surface area contributed by atoms with Gasteiger partial charge in [-0.05, 0) is 16.7 Å². The van der Waals surface area contributed by atoms with E-state index in [9.17, 15) is 10.2 Å². The Morgan fingerprint density at radius 2 is 1.30 bits per heavy atom. The van der Waals surface area contributed by atoms with Gasteiger partial charge in [0.25, 0.3) is 0 Å². The maximum atomic E-state index is 10.8. The van der Waals surface area contributed by atoms with Crippen LogP contribution >= 0.6 is 0 Å². The van der Waals surface area contributed by atoms with Crippen molar-refractivity contribution in [3.05, 3.63) is 114 Å². The van der Waals surface area contributed by atoms with Crippen molar-refractivity contribution in [3.8, 4) is 0 Å². The third-order valence-electron chi connectivity index (χ3n) is 4.36. The Hall–Kier alpha value is -2.72. The normalized spacial score (nSPS) is 14.7. The van der Waals surface area contributed by atoms with Crippen molar-refractivity contribution in [1.82, 2.24) is 0 Å². The number of benzene rings is 3. The molecule has 0 aromatic heterocycles. The van der Waals surface area contributed by atoms with Gasteiger partial charge in [-0.2, -0.15) is 0 Å². The van der Waals surface area contributed by atoms with E-state index < -0.39 is 18.3 Å². The Morgan fingerprint density at radius 1 is 0.741 bits per heavy atom. The molecule has 0 radical (unpaired) electrons. The highest BCUT2D eigenvalue weighted by Gasteiger charge is 2.26. The largest absolute Gasteiger partial charge is 0.387 e. The lowest BCUT2D eigenvalue weighted by molar-refractivity contribution is -0.0763. The Labute approximate surface area is 160 Å². The lowest BCUT2D eigenvalue weighted by Gasteiger charge is -2.25. The van der Waals surface area contributed by atoms with Gasteiger partial charge in [0.2, 0.25) is 0 Å². The molecule has 0 heterocycles. The summed E-state index contributed by atoms with van der Waals surface area (Å²) in [6, 6.07) is 28.7. The van der Waals surface area contributed by atoms with E-state index in [0.29, 0.717) is 12.2 Å². The van der Waals surface area contributed by atoms with Crippen molar-refractivity contribution in [3.63, 3.8) is 0 Å². The second-order valence-electron chi connectivity index (χ2n) is 6.38. The molecule has 0 saturated carbocycles. The standard InChI is InChI=1S/C24H24O3/c25-23(21-14-8-3-9-15-21)24(26)22(17-16-19-10-4-1-5-11-19)27-18-20-12-6-2-7-13-20/h1-17,22-26H,18H2/b17-16+/t22-,23-,24+/m0/s1. The topological polar surface area (TPSA) is 49.7 Å². The summed E-state index contributed by atoms with van der Waals surface area (Å²) in [6.45, 7) is 0.350. The van der Waals surface area contributed by atoms with Gasteiger partial charge in [0.15, 0.2) is 0 Å². The first-order valence-corrected chi connectivity index (χ1v) is 9.04. The van der Waals surface area contributed by atoms with Crippen LogP contribution in [0.5, 0.6) is 0 Å². The molecule has 3 heteroatoms. The maximum absolute atomic E-state index is 10.8. The second kappa shape index (κ2) is 9.83. The van der Waals surface area contributed by atoms with E-state index in [4.69, 9.17) is 4.74 Å². The number of rotatable bonds is 8. The zero-order chi connectivity index (χ0) is 18.9. The predicted molar refractivity (Wildman–Crippen MR) is 108 cm³/mol. The second-order valence-corrected chi connectivity index (χ2v) is 6.38. The van der Waals surface area contributed by atoms with Crippen LogP contribution in [0.2, 0.25) is 0 Å². The molecular formula is C24H24O3. The van der Waals surface area contributed by atoms with Gasteiger partial charge in [-0.15, -0.1) is 0 Å². The molecular weight excluding hydrogens is 336 g/mol. The van der Waals surface area contributed by atoms with Crippen LogP contribution in [0.25, 0.3) is 6.08 Å². The molecule has 3 nitrogen and oxygen atoms in total. The average Bonchev–Trinajstić information content (AvgIpc) is 2.75. The number of hydrogen-bond donors (Lipinski definition) is 2. The summed E-state index contributed by atoms with van der Waals surface area (Å²) < 4.78 is 5.96. The average molecular weight is 360 g/mol. The molecule has 0 bridgehead atoms. The van der Waals surface area contributed by atoms with Crippen LogP contribution in [0, 0.1) is 0 Å². The first-order chi connectivity index (χ1) is 13.2. The van der Waals surface area contributed by atoms with Crippen LogP contribution < -0.4 is 0 Å². The van der Waals surface area contributed by atoms with Gasteiger partial charge in [0, 0.05) is 0 Å². The molecule has 3 rings (SSSR count). The Kier molecular flexibility index (Phi) is 6.94. The molecule has 138 valence electrons. The third-order valence-corrected chi connectivity index (χ3v) is 4.36. The molecule has 0 spiro atoms. The molecule has 0 saturated heterocycles. The molecule has 27 heavy (non-hydrogen) atoms. The molecule has 0 fully saturated rings. The van der Waals surface area contributed by atoms with Crippen molar-refractivity contribution >= 4 is 6.08 Å². The summed E-state index contributed by atoms with van der Waals surface area (Å²) in [5.74, 6) is 0. The predicted octanol–water partition coefficient (Wildman–Crippen LogP) is 4.38. The molecule has 0 aliphatic heterocycles. The Morgan fingerprint density at radius 3 is 1.93 bits per heavy atom. The summed E-state index contributed by atoms with van der Waals surface area (Å²) in [7, 11) is 0. The van der Waals surface area contributed by atoms with Gasteiger partial charge in [-0.1, -0.05) is 103 Å². The zero-order valence-corrected chi connectivity index (χ0v) is 15.1. The Balaban J connectivity index is 1.76. The van der Waals surface area contributed by atoms with Crippen molar-refractivity contribution in [2.24, 2.45) is 0 Å². The highest BCUT2D eigenvalue weighted by atomic mass is 16.5. The van der Waals surface area contributed by atoms with Crippen LogP contribution in [0.1, 0.15) is 22.8 Å². The van der Waals surface area contributed by atoms with E-state index in [1.54, 1.807) is 18.2 Å². The number of hydrogen-bond acceptors (Lipinski definition) is 3. The summed E-state index contributed by atoms with van der Waals surface area (Å²) >= 11 is 0. The third kappa shape index (κ3) is 5.63. The molecule has 2 N–H and O–H groups in total. The Bertz CT molecular complexity index is 816. The van der Waals surface area contributed by atoms with Crippen LogP contribution in [-0.4, -0.2) is 22.4 Å². The van der Waals surface area contributed by atoms with E-state index in [2.05, 4.69) is 0 Å². The van der Waals surface area contributed by atoms with Crippen molar-refractivity contribution in [1.29, 1.82) is 0 Å². The highest BCUT2D eigenvalue weighted by molar-refractivity contribution is 5.49. The SMILES string of the molecule is O[C@H]([C@H](/C=C/c1ccccc1)OCc1ccccc1)[C@@H](O)c1ccccc1. The van der Waals surface area contributed by atoms with Crippen LogP contribution in [0.4, 0.5) is 0 Å². The fraction of sp³-hybridized carbons (Fsp3) is 0.167. The summed E-state index contributed by atoms with van der Waals surface area (Å²) in [6.07, 6.45) is 0.926. The van der Waals surface area contributed by atoms with E-state index >= 15 is 0 Å². The summed E-state index contributed by atoms with van der Waals surface area (Å²) in [4.78, 5) is 0. The molecule has 0 amide bonds. The molecule has 0 aliphatic carbocycles. The summed E-state index contributed by atoms with van der Waals surface area (Å²) in [5, 5.41) is 21.4. The lowest BCUT2D eigenvalue weighted by Crippen LogP contribution is -2.33. The van der Waals surface area contributed by atoms with E-state index in [0.717, 1.165) is 11.1 Å². The van der Waals surface area contributed by atoms with E-state index in [-0.39, 0.29) is 0 Å². The molecule has 0 aliphatic rings. The number of aliphatic hydroxyl groups excluding tert-OH is 2. The number of ether oxygens (including phenoxy) is 1. The number of aliphatic hydroxyl groups is 2. The highest BCUT2D eigenvalue weighted by Crippen LogP contribution is 2.22. The molecule has 0 unspecified atom stereocenters. The van der Waals surface area contributed by atoms with Gasteiger partial charge in [0.1, 0.15) is 18.3 Å². The van der Waals surface area contributed by atoms with Crippen molar-refractivity contribution < 1.29 is 14.9 Å². The van der Waals surface area contributed by atoms with Crippen LogP contribution in [0.15, 0.2) is 97.1 Å². The van der Waals surface area contributed by atoms with Gasteiger partial charge < -0.3 is 14.9 Å². The maximum Gasteiger partial charge on any atom is 0.114 e. The first-order valence-electron chi connectivity index (χ1n) is 9.04. The van der Waals surface area contributed by atoms with Crippen LogP contribution in [-0.2, 0) is 11.3 Å². The minimum atomic E-state index is -1.09. The lowest BCUT2D eigenvalue weighted by atomic mass is 9.99. The van der Waals surface area contributed by atoms with Gasteiger partial charge in [-0.3, -0.25) is 0 Å². The minimum absolute atomic E-state index is 0.350. The van der Waals surface area contributed by atoms with Gasteiger partial charge in [-0.25, -0.2) is 0 Å². The van der Waals surface area contributed by atoms with Gasteiger partial charge in [0.05, 0.1) is 6.61 Å². The van der Waals surface area contributed by atoms with Crippen LogP contribution in [0.3, 0.4) is 0 Å². The van der Waals surface area contributed by atoms with Crippen molar-refractivity contribution in [2.45, 2.75) is 24.9 Å².